The van der Waals surface area contributed by atoms with Crippen LogP contribution in [0.4, 0.5) is 5.82 Å². The minimum atomic E-state index is -0.526. The highest BCUT2D eigenvalue weighted by molar-refractivity contribution is 6.25. The minimum Gasteiger partial charge on any atom is -0.458 e. The number of hydrogen-bond acceptors (Lipinski definition) is 7. The molecule has 0 radical (unpaired) electrons. The normalized spacial score (nSPS) is 28.2. The van der Waals surface area contributed by atoms with Gasteiger partial charge in [0.2, 0.25) is 11.8 Å². The van der Waals surface area contributed by atoms with Crippen LogP contribution in [0.3, 0.4) is 0 Å². The number of esters is 2. The third-order valence-electron chi connectivity index (χ3n) is 12.9. The maximum Gasteiger partial charge on any atom is 0.342 e. The van der Waals surface area contributed by atoms with Gasteiger partial charge < -0.3 is 25.1 Å². The predicted octanol–water partition coefficient (Wildman–Crippen LogP) is 10.4. The van der Waals surface area contributed by atoms with Gasteiger partial charge in [0.15, 0.2) is 0 Å². The number of allylic oxidation sites excluding steroid dienone is 1. The summed E-state index contributed by atoms with van der Waals surface area (Å²) in [5.74, 6) is 0.147. The van der Waals surface area contributed by atoms with E-state index in [0.29, 0.717) is 34.4 Å². The van der Waals surface area contributed by atoms with Crippen molar-refractivity contribution < 1.29 is 28.7 Å². The second-order valence-electron chi connectivity index (χ2n) is 22.0. The Bertz CT molecular complexity index is 1770. The van der Waals surface area contributed by atoms with E-state index >= 15 is 0 Å². The molecule has 1 aromatic rings. The highest BCUT2D eigenvalue weighted by Gasteiger charge is 2.50. The molecule has 0 bridgehead atoms. The van der Waals surface area contributed by atoms with Crippen LogP contribution in [0, 0.1) is 64.1 Å². The van der Waals surface area contributed by atoms with Gasteiger partial charge in [0.1, 0.15) is 35.0 Å². The van der Waals surface area contributed by atoms with Crippen LogP contribution in [-0.2, 0) is 23.9 Å². The molecule has 4 atom stereocenters. The fraction of sp³-hybridized carbons (Fsp3) is 0.723. The van der Waals surface area contributed by atoms with Crippen molar-refractivity contribution in [2.24, 2.45) is 62.2 Å². The molecule has 10 nitrogen and oxygen atoms in total. The van der Waals surface area contributed by atoms with Gasteiger partial charge in [-0.05, 0) is 90.2 Å². The van der Waals surface area contributed by atoms with E-state index in [-0.39, 0.29) is 92.1 Å². The van der Waals surface area contributed by atoms with Crippen LogP contribution in [0.2, 0.25) is 0 Å². The Kier molecular flexibility index (Phi) is 13.3. The smallest absolute Gasteiger partial charge is 0.342 e. The maximum atomic E-state index is 14.4. The molecule has 57 heavy (non-hydrogen) atoms. The van der Waals surface area contributed by atoms with Gasteiger partial charge in [0.05, 0.1) is 5.70 Å². The molecule has 318 valence electrons. The molecule has 1 aromatic heterocycles. The van der Waals surface area contributed by atoms with Crippen LogP contribution < -0.4 is 10.6 Å². The second-order valence-corrected chi connectivity index (χ2v) is 22.0. The molecule has 3 aliphatic rings. The summed E-state index contributed by atoms with van der Waals surface area (Å²) in [4.78, 5) is 61.8. The highest BCUT2D eigenvalue weighted by Crippen LogP contribution is 2.51. The summed E-state index contributed by atoms with van der Waals surface area (Å²) < 4.78 is 13.2. The molecule has 10 heteroatoms. The third kappa shape index (κ3) is 10.5. The zero-order chi connectivity index (χ0) is 43.3. The number of aliphatic imine (C=N–C) groups is 1. The van der Waals surface area contributed by atoms with Gasteiger partial charge in [-0.2, -0.15) is 0 Å². The van der Waals surface area contributed by atoms with Crippen molar-refractivity contribution in [2.45, 2.75) is 163 Å². The number of aromatic nitrogens is 1. The van der Waals surface area contributed by atoms with Gasteiger partial charge in [0, 0.05) is 43.2 Å². The topological polar surface area (TPSA) is 139 Å². The predicted molar refractivity (Wildman–Crippen MR) is 229 cm³/mol. The van der Waals surface area contributed by atoms with Crippen LogP contribution in [0.15, 0.2) is 21.8 Å². The number of amidine groups is 1. The SMILES string of the molecule is CC(=O)NC1=NC(=Cc2[nH]c(NC(C)=O)c(C(=O)OC3C(C(C)(C)C)CC(C)CC3C(C)(C)C)c2C)C(C)=C1C(=O)OC1C(C(C)(C)C)CC(C)CC1C(C)(C)C. The van der Waals surface area contributed by atoms with Crippen LogP contribution in [0.25, 0.3) is 6.08 Å². The van der Waals surface area contributed by atoms with E-state index < -0.39 is 11.9 Å². The Morgan fingerprint density at radius 3 is 1.40 bits per heavy atom. The lowest BCUT2D eigenvalue weighted by molar-refractivity contribution is -0.164. The summed E-state index contributed by atoms with van der Waals surface area (Å²) in [6.45, 7) is 37.5. The Morgan fingerprint density at radius 2 is 1.04 bits per heavy atom. The van der Waals surface area contributed by atoms with Crippen molar-refractivity contribution in [3.05, 3.63) is 33.7 Å². The first-order chi connectivity index (χ1) is 25.9. The van der Waals surface area contributed by atoms with Crippen molar-refractivity contribution in [1.82, 2.24) is 10.3 Å². The molecule has 2 fully saturated rings. The molecule has 0 spiro atoms. The molecule has 1 aliphatic heterocycles. The summed E-state index contributed by atoms with van der Waals surface area (Å²) in [6.07, 6.45) is 4.89. The van der Waals surface area contributed by atoms with Crippen molar-refractivity contribution in [3.63, 3.8) is 0 Å². The molecular formula is C47H74N4O6. The van der Waals surface area contributed by atoms with Crippen molar-refractivity contribution in [3.8, 4) is 0 Å². The molecule has 3 N–H and O–H groups in total. The zero-order valence-electron chi connectivity index (χ0n) is 38.4. The molecule has 4 unspecified atom stereocenters. The molecule has 2 aliphatic carbocycles. The van der Waals surface area contributed by atoms with Gasteiger partial charge in [-0.25, -0.2) is 14.6 Å². The van der Waals surface area contributed by atoms with Gasteiger partial charge in [-0.15, -0.1) is 0 Å². The lowest BCUT2D eigenvalue weighted by atomic mass is 9.59. The largest absolute Gasteiger partial charge is 0.458 e. The number of nitrogens with zero attached hydrogens (tertiary/aromatic N) is 1. The number of carbonyl (C=O) groups is 4. The van der Waals surface area contributed by atoms with Gasteiger partial charge in [0.25, 0.3) is 0 Å². The lowest BCUT2D eigenvalue weighted by Crippen LogP contribution is -2.50. The lowest BCUT2D eigenvalue weighted by Gasteiger charge is -2.50. The van der Waals surface area contributed by atoms with Crippen molar-refractivity contribution >= 4 is 41.5 Å². The number of ether oxygens (including phenoxy) is 2. The summed E-state index contributed by atoms with van der Waals surface area (Å²) in [6, 6.07) is 0. The number of aromatic amines is 1. The first-order valence-corrected chi connectivity index (χ1v) is 21.1. The number of anilines is 1. The molecule has 4 rings (SSSR count). The standard InChI is InChI=1S/C47H74N4O6/c1-24-19-30(44(7,8)9)38(31(20-24)45(10,11)12)56-42(54)36-26(3)34(50-40(36)48-28(5)52)23-35-27(4)37(41(51-35)49-29(6)53)43(55)57-39-32(46(13,14)15)21-25(2)22-33(39)47(16,17)18/h23-25,30-33,38-39,50H,19-22H2,1-18H3,(H,48,52)(H,49,51,53). The van der Waals surface area contributed by atoms with E-state index in [1.807, 2.05) is 0 Å². The fourth-order valence-electron chi connectivity index (χ4n) is 9.74. The average Bonchev–Trinajstić information content (AvgIpc) is 3.49. The minimum absolute atomic E-state index is 0.0993. The summed E-state index contributed by atoms with van der Waals surface area (Å²) in [5.41, 5.74) is 2.07. The highest BCUT2D eigenvalue weighted by atomic mass is 16.5. The van der Waals surface area contributed by atoms with Crippen LogP contribution in [-0.4, -0.2) is 46.8 Å². The van der Waals surface area contributed by atoms with Crippen molar-refractivity contribution in [1.29, 1.82) is 0 Å². The fourth-order valence-corrected chi connectivity index (χ4v) is 9.74. The average molecular weight is 791 g/mol. The number of carbonyl (C=O) groups excluding carboxylic acids is 4. The van der Waals surface area contributed by atoms with Crippen LogP contribution >= 0.6 is 0 Å². The molecule has 0 aromatic carbocycles. The summed E-state index contributed by atoms with van der Waals surface area (Å²) in [7, 11) is 0. The number of H-pyrrole nitrogens is 1. The maximum absolute atomic E-state index is 14.4. The van der Waals surface area contributed by atoms with E-state index in [1.54, 1.807) is 19.9 Å². The van der Waals surface area contributed by atoms with Gasteiger partial charge >= 0.3 is 11.9 Å². The first kappa shape index (κ1) is 46.0. The molecular weight excluding hydrogens is 717 g/mol. The van der Waals surface area contributed by atoms with E-state index in [2.05, 4.69) is 113 Å². The second kappa shape index (κ2) is 16.5. The quantitative estimate of drug-likeness (QED) is 0.245. The summed E-state index contributed by atoms with van der Waals surface area (Å²) in [5, 5.41) is 5.59. The monoisotopic (exact) mass is 791 g/mol. The van der Waals surface area contributed by atoms with Crippen LogP contribution in [0.5, 0.6) is 0 Å². The Hall–Kier alpha value is -3.69. The number of rotatable bonds is 6. The number of amides is 2. The Labute approximate surface area is 343 Å². The zero-order valence-corrected chi connectivity index (χ0v) is 38.4. The van der Waals surface area contributed by atoms with Crippen LogP contribution in [0.1, 0.15) is 165 Å². The molecule has 2 heterocycles. The van der Waals surface area contributed by atoms with Gasteiger partial charge in [-0.1, -0.05) is 96.9 Å². The van der Waals surface area contributed by atoms with E-state index in [4.69, 9.17) is 14.5 Å². The summed E-state index contributed by atoms with van der Waals surface area (Å²) >= 11 is 0. The van der Waals surface area contributed by atoms with E-state index in [1.165, 1.54) is 13.8 Å². The van der Waals surface area contributed by atoms with E-state index in [9.17, 15) is 19.2 Å². The Balaban J connectivity index is 1.79. The number of hydrogen-bond donors (Lipinski definition) is 3. The van der Waals surface area contributed by atoms with Gasteiger partial charge in [-0.3, -0.25) is 9.59 Å². The number of nitrogens with one attached hydrogen (secondary N) is 3. The third-order valence-corrected chi connectivity index (χ3v) is 12.9. The molecule has 0 saturated heterocycles. The molecule has 2 amide bonds. The van der Waals surface area contributed by atoms with Crippen molar-refractivity contribution in [2.75, 3.05) is 5.32 Å². The molecule has 2 saturated carbocycles. The Morgan fingerprint density at radius 1 is 0.649 bits per heavy atom. The van der Waals surface area contributed by atoms with E-state index in [0.717, 1.165) is 25.7 Å². The first-order valence-electron chi connectivity index (χ1n) is 21.1.